The Morgan fingerprint density at radius 2 is 2.10 bits per heavy atom. The van der Waals surface area contributed by atoms with Gasteiger partial charge in [-0.05, 0) is 49.4 Å². The van der Waals surface area contributed by atoms with Gasteiger partial charge in [0, 0.05) is 29.9 Å². The molecule has 0 aromatic carbocycles. The lowest BCUT2D eigenvalue weighted by Crippen LogP contribution is -2.30. The van der Waals surface area contributed by atoms with Crippen LogP contribution in [-0.2, 0) is 6.54 Å². The number of tetrazole rings is 1. The van der Waals surface area contributed by atoms with Gasteiger partial charge >= 0.3 is 0 Å². The molecule has 4 heterocycles. The van der Waals surface area contributed by atoms with Crippen LogP contribution in [0.5, 0.6) is 0 Å². The Bertz CT molecular complexity index is 1140. The number of hydrogen-bond donors (Lipinski definition) is 2. The molecule has 2 amide bonds. The summed E-state index contributed by atoms with van der Waals surface area (Å²) in [5, 5.41) is 23.6. The molecule has 0 unspecified atom stereocenters. The van der Waals surface area contributed by atoms with E-state index in [0.29, 0.717) is 23.6 Å². The van der Waals surface area contributed by atoms with Crippen molar-refractivity contribution in [2.24, 2.45) is 0 Å². The van der Waals surface area contributed by atoms with Gasteiger partial charge in [0.1, 0.15) is 17.2 Å². The molecule has 0 fully saturated rings. The summed E-state index contributed by atoms with van der Waals surface area (Å²) >= 11 is 0. The highest BCUT2D eigenvalue weighted by Gasteiger charge is 2.30. The molecule has 11 heteroatoms. The number of carbonyl (C=O) groups is 2. The van der Waals surface area contributed by atoms with Crippen LogP contribution in [0.25, 0.3) is 11.5 Å². The van der Waals surface area contributed by atoms with Crippen LogP contribution in [0.15, 0.2) is 30.5 Å². The molecule has 0 aliphatic carbocycles. The topological polar surface area (TPSA) is 139 Å². The van der Waals surface area contributed by atoms with Crippen LogP contribution in [0.4, 0.5) is 5.82 Å². The zero-order valence-corrected chi connectivity index (χ0v) is 17.3. The zero-order chi connectivity index (χ0) is 22.1. The molecule has 1 aliphatic heterocycles. The van der Waals surface area contributed by atoms with E-state index in [2.05, 4.69) is 30.8 Å². The van der Waals surface area contributed by atoms with E-state index in [1.54, 1.807) is 36.2 Å². The Labute approximate surface area is 178 Å². The first-order valence-electron chi connectivity index (χ1n) is 9.86. The lowest BCUT2D eigenvalue weighted by atomic mass is 10.1. The largest absolute Gasteiger partial charge is 0.394 e. The molecule has 160 valence electrons. The van der Waals surface area contributed by atoms with E-state index in [1.165, 1.54) is 10.7 Å². The Balaban J connectivity index is 1.55. The summed E-state index contributed by atoms with van der Waals surface area (Å²) in [6.07, 6.45) is 1.57. The van der Waals surface area contributed by atoms with Crippen LogP contribution in [0.1, 0.15) is 53.2 Å². The minimum absolute atomic E-state index is 0.0641. The summed E-state index contributed by atoms with van der Waals surface area (Å²) in [6.45, 7) is 6.02. The van der Waals surface area contributed by atoms with E-state index < -0.39 is 5.91 Å². The summed E-state index contributed by atoms with van der Waals surface area (Å²) in [7, 11) is 0. The highest BCUT2D eigenvalue weighted by atomic mass is 16.3. The molecule has 3 aromatic rings. The van der Waals surface area contributed by atoms with Gasteiger partial charge in [0.2, 0.25) is 5.82 Å². The smallest absolute Gasteiger partial charge is 0.275 e. The van der Waals surface area contributed by atoms with Gasteiger partial charge in [-0.2, -0.15) is 0 Å². The first-order valence-corrected chi connectivity index (χ1v) is 9.86. The van der Waals surface area contributed by atoms with Crippen molar-refractivity contribution < 1.29 is 14.7 Å². The molecule has 2 N–H and O–H groups in total. The zero-order valence-electron chi connectivity index (χ0n) is 17.3. The minimum Gasteiger partial charge on any atom is -0.394 e. The van der Waals surface area contributed by atoms with Crippen molar-refractivity contribution in [3.05, 3.63) is 47.3 Å². The average molecular weight is 422 g/mol. The molecular formula is C20H22N8O3. The van der Waals surface area contributed by atoms with Crippen molar-refractivity contribution in [2.45, 2.75) is 39.4 Å². The number of carbonyl (C=O) groups excluding carboxylic acids is 2. The normalized spacial score (nSPS) is 14.1. The number of amides is 2. The number of anilines is 1. The second-order valence-electron chi connectivity index (χ2n) is 7.59. The Morgan fingerprint density at radius 3 is 2.84 bits per heavy atom. The molecule has 0 saturated heterocycles. The maximum Gasteiger partial charge on any atom is 0.275 e. The number of rotatable bonds is 6. The quantitative estimate of drug-likeness (QED) is 0.606. The van der Waals surface area contributed by atoms with E-state index in [9.17, 15) is 14.7 Å². The highest BCUT2D eigenvalue weighted by Crippen LogP contribution is 2.25. The summed E-state index contributed by atoms with van der Waals surface area (Å²) in [6, 6.07) is 6.29. The van der Waals surface area contributed by atoms with Crippen molar-refractivity contribution in [3.8, 4) is 11.5 Å². The third-order valence-electron chi connectivity index (χ3n) is 5.07. The highest BCUT2D eigenvalue weighted by molar-refractivity contribution is 6.05. The van der Waals surface area contributed by atoms with Crippen LogP contribution in [0, 0.1) is 0 Å². The molecule has 0 spiro atoms. The van der Waals surface area contributed by atoms with Crippen LogP contribution in [-0.4, -0.2) is 64.6 Å². The lowest BCUT2D eigenvalue weighted by Gasteiger charge is -2.19. The SMILES string of the molecule is CC(C)N1Cc2cnc(C(=O)Nc3cccc(-c4nnnn4[C@H](C)CO)n3)cc2C1=O. The number of fused-ring (bicyclic) bond motifs is 1. The van der Waals surface area contributed by atoms with Gasteiger partial charge in [-0.25, -0.2) is 9.67 Å². The summed E-state index contributed by atoms with van der Waals surface area (Å²) in [5.41, 5.74) is 1.87. The molecule has 11 nitrogen and oxygen atoms in total. The Morgan fingerprint density at radius 1 is 1.29 bits per heavy atom. The molecule has 0 bridgehead atoms. The minimum atomic E-state index is -0.480. The Kier molecular flexibility index (Phi) is 5.42. The average Bonchev–Trinajstić information content (AvgIpc) is 3.38. The molecule has 1 atom stereocenters. The first kappa shape index (κ1) is 20.5. The van der Waals surface area contributed by atoms with Crippen LogP contribution < -0.4 is 5.32 Å². The van der Waals surface area contributed by atoms with Crippen molar-refractivity contribution in [1.82, 2.24) is 35.1 Å². The van der Waals surface area contributed by atoms with Gasteiger partial charge in [-0.1, -0.05) is 6.07 Å². The van der Waals surface area contributed by atoms with E-state index >= 15 is 0 Å². The van der Waals surface area contributed by atoms with Crippen molar-refractivity contribution >= 4 is 17.6 Å². The van der Waals surface area contributed by atoms with Gasteiger partial charge in [-0.3, -0.25) is 14.6 Å². The maximum atomic E-state index is 12.7. The van der Waals surface area contributed by atoms with Crippen molar-refractivity contribution in [1.29, 1.82) is 0 Å². The van der Waals surface area contributed by atoms with Crippen LogP contribution in [0.2, 0.25) is 0 Å². The molecule has 0 radical (unpaired) electrons. The molecule has 4 rings (SSSR count). The molecule has 31 heavy (non-hydrogen) atoms. The molecule has 1 aliphatic rings. The number of aromatic nitrogens is 6. The number of pyridine rings is 2. The molecule has 0 saturated carbocycles. The predicted molar refractivity (Wildman–Crippen MR) is 110 cm³/mol. The standard InChI is InChI=1S/C20H22N8O3/c1-11(2)27-9-13-8-21-16(7-14(13)20(27)31)19(30)23-17-6-4-5-15(22-17)18-24-25-26-28(18)12(3)10-29/h4-8,11-12,29H,9-10H2,1-3H3,(H,22,23,30)/t12-/m1/s1. The van der Waals surface area contributed by atoms with Gasteiger partial charge in [0.05, 0.1) is 12.6 Å². The third kappa shape index (κ3) is 3.87. The second-order valence-corrected chi connectivity index (χ2v) is 7.59. The van der Waals surface area contributed by atoms with Gasteiger partial charge in [0.15, 0.2) is 0 Å². The fourth-order valence-corrected chi connectivity index (χ4v) is 3.31. The van der Waals surface area contributed by atoms with E-state index in [4.69, 9.17) is 0 Å². The van der Waals surface area contributed by atoms with Gasteiger partial charge in [-0.15, -0.1) is 5.10 Å². The van der Waals surface area contributed by atoms with Gasteiger partial charge in [0.25, 0.3) is 11.8 Å². The van der Waals surface area contributed by atoms with E-state index in [-0.39, 0.29) is 36.1 Å². The summed E-state index contributed by atoms with van der Waals surface area (Å²) in [4.78, 5) is 35.7. The fourth-order valence-electron chi connectivity index (χ4n) is 3.31. The second kappa shape index (κ2) is 8.19. The summed E-state index contributed by atoms with van der Waals surface area (Å²) in [5.74, 6) is 0.0665. The third-order valence-corrected chi connectivity index (χ3v) is 5.07. The van der Waals surface area contributed by atoms with Crippen LogP contribution >= 0.6 is 0 Å². The van der Waals surface area contributed by atoms with Crippen molar-refractivity contribution in [3.63, 3.8) is 0 Å². The van der Waals surface area contributed by atoms with E-state index in [0.717, 1.165) is 5.56 Å². The monoisotopic (exact) mass is 422 g/mol. The van der Waals surface area contributed by atoms with Crippen LogP contribution in [0.3, 0.4) is 0 Å². The summed E-state index contributed by atoms with van der Waals surface area (Å²) < 4.78 is 1.46. The number of nitrogens with one attached hydrogen (secondary N) is 1. The van der Waals surface area contributed by atoms with E-state index in [1.807, 2.05) is 13.8 Å². The number of nitrogens with zero attached hydrogens (tertiary/aromatic N) is 7. The first-order chi connectivity index (χ1) is 14.9. The molecule has 3 aromatic heterocycles. The predicted octanol–water partition coefficient (Wildman–Crippen LogP) is 1.30. The molecular weight excluding hydrogens is 400 g/mol. The maximum absolute atomic E-state index is 12.7. The number of aliphatic hydroxyl groups excluding tert-OH is 1. The number of hydrogen-bond acceptors (Lipinski definition) is 8. The number of aliphatic hydroxyl groups is 1. The van der Waals surface area contributed by atoms with Gasteiger partial charge < -0.3 is 15.3 Å². The van der Waals surface area contributed by atoms with Crippen molar-refractivity contribution in [2.75, 3.05) is 11.9 Å². The Hall–Kier alpha value is -3.73. The lowest BCUT2D eigenvalue weighted by molar-refractivity contribution is 0.0730. The fraction of sp³-hybridized carbons (Fsp3) is 0.350.